The molecule has 0 aliphatic carbocycles. The molecule has 0 spiro atoms. The summed E-state index contributed by atoms with van der Waals surface area (Å²) in [7, 11) is 0. The third-order valence-electron chi connectivity index (χ3n) is 3.42. The number of benzene rings is 2. The number of H-pyrrole nitrogens is 1. The normalized spacial score (nSPS) is 13.6. The van der Waals surface area contributed by atoms with Gasteiger partial charge in [0.15, 0.2) is 11.5 Å². The van der Waals surface area contributed by atoms with Crippen molar-refractivity contribution in [2.45, 2.75) is 0 Å². The molecule has 3 N–H and O–H groups in total. The molecule has 0 fully saturated rings. The summed E-state index contributed by atoms with van der Waals surface area (Å²) in [5.41, 5.74) is 9.25. The maximum Gasteiger partial charge on any atom is 0.163 e. The van der Waals surface area contributed by atoms with Gasteiger partial charge in [0.25, 0.3) is 0 Å². The molecule has 3 aromatic rings. The van der Waals surface area contributed by atoms with Crippen LogP contribution in [0, 0.1) is 0 Å². The molecule has 0 saturated heterocycles. The Morgan fingerprint density at radius 1 is 1.10 bits per heavy atom. The number of nitrogens with two attached hydrogens (primary N) is 1. The molecular weight excluding hydrogens is 334 g/mol. The Labute approximate surface area is 129 Å². The number of hydrogen-bond donors (Lipinski definition) is 2. The fraction of sp³-hybridized carbons (Fsp3) is 0.133. The van der Waals surface area contributed by atoms with Crippen LogP contribution < -0.4 is 15.2 Å². The van der Waals surface area contributed by atoms with E-state index in [2.05, 4.69) is 25.9 Å². The van der Waals surface area contributed by atoms with Crippen molar-refractivity contribution in [1.82, 2.24) is 9.97 Å². The minimum Gasteiger partial charge on any atom is -0.486 e. The van der Waals surface area contributed by atoms with E-state index in [4.69, 9.17) is 15.2 Å². The highest BCUT2D eigenvalue weighted by Crippen LogP contribution is 2.35. The van der Waals surface area contributed by atoms with Crippen LogP contribution in [0.15, 0.2) is 34.8 Å². The van der Waals surface area contributed by atoms with Crippen LogP contribution in [0.5, 0.6) is 11.5 Å². The number of nitrogens with zero attached hydrogens (tertiary/aromatic N) is 1. The standard InChI is InChI=1S/C15H12BrN3O2/c16-9-5-8(1-2-10(9)17)15-18-11-6-13-14(7-12(11)19-15)21-4-3-20-13/h1-2,5-7H,3-4,17H2,(H,18,19). The number of aromatic nitrogens is 2. The molecule has 106 valence electrons. The van der Waals surface area contributed by atoms with Crippen LogP contribution in [0.3, 0.4) is 0 Å². The Kier molecular flexibility index (Phi) is 2.78. The van der Waals surface area contributed by atoms with Gasteiger partial charge >= 0.3 is 0 Å². The summed E-state index contributed by atoms with van der Waals surface area (Å²) in [6.45, 7) is 1.14. The van der Waals surface area contributed by atoms with Crippen molar-refractivity contribution in [3.8, 4) is 22.9 Å². The number of ether oxygens (including phenoxy) is 2. The zero-order valence-electron chi connectivity index (χ0n) is 11.0. The zero-order valence-corrected chi connectivity index (χ0v) is 12.6. The molecule has 0 radical (unpaired) electrons. The Balaban J connectivity index is 1.84. The first-order chi connectivity index (χ1) is 10.2. The molecule has 0 bridgehead atoms. The van der Waals surface area contributed by atoms with Gasteiger partial charge in [0.2, 0.25) is 0 Å². The summed E-state index contributed by atoms with van der Waals surface area (Å²) in [5, 5.41) is 0. The van der Waals surface area contributed by atoms with E-state index in [1.807, 2.05) is 30.3 Å². The highest BCUT2D eigenvalue weighted by molar-refractivity contribution is 9.10. The van der Waals surface area contributed by atoms with Gasteiger partial charge in [0.1, 0.15) is 19.0 Å². The monoisotopic (exact) mass is 345 g/mol. The average molecular weight is 346 g/mol. The lowest BCUT2D eigenvalue weighted by Gasteiger charge is -2.17. The Hall–Kier alpha value is -2.21. The van der Waals surface area contributed by atoms with E-state index in [9.17, 15) is 0 Å². The van der Waals surface area contributed by atoms with Crippen LogP contribution in [0.1, 0.15) is 0 Å². The molecule has 0 saturated carbocycles. The van der Waals surface area contributed by atoms with Crippen LogP contribution in [-0.4, -0.2) is 23.2 Å². The van der Waals surface area contributed by atoms with E-state index in [1.54, 1.807) is 0 Å². The number of imidazole rings is 1. The molecule has 0 amide bonds. The summed E-state index contributed by atoms with van der Waals surface area (Å²) in [6, 6.07) is 9.55. The van der Waals surface area contributed by atoms with Crippen molar-refractivity contribution in [1.29, 1.82) is 0 Å². The minimum atomic E-state index is 0.570. The number of nitrogen functional groups attached to an aromatic ring is 1. The van der Waals surface area contributed by atoms with E-state index in [0.29, 0.717) is 18.9 Å². The van der Waals surface area contributed by atoms with Crippen LogP contribution in [0.2, 0.25) is 0 Å². The predicted molar refractivity (Wildman–Crippen MR) is 84.6 cm³/mol. The number of hydrogen-bond acceptors (Lipinski definition) is 4. The van der Waals surface area contributed by atoms with Crippen molar-refractivity contribution in [2.75, 3.05) is 18.9 Å². The van der Waals surface area contributed by atoms with Gasteiger partial charge in [-0.3, -0.25) is 0 Å². The van der Waals surface area contributed by atoms with Gasteiger partial charge in [0.05, 0.1) is 11.0 Å². The summed E-state index contributed by atoms with van der Waals surface area (Å²) >= 11 is 3.43. The smallest absolute Gasteiger partial charge is 0.163 e. The lowest BCUT2D eigenvalue weighted by Crippen LogP contribution is -2.15. The summed E-state index contributed by atoms with van der Waals surface area (Å²) in [6.07, 6.45) is 0. The van der Waals surface area contributed by atoms with Crippen LogP contribution >= 0.6 is 15.9 Å². The maximum atomic E-state index is 5.81. The molecule has 4 rings (SSSR count). The molecule has 6 heteroatoms. The van der Waals surface area contributed by atoms with Crippen LogP contribution in [0.4, 0.5) is 5.69 Å². The molecular formula is C15H12BrN3O2. The topological polar surface area (TPSA) is 73.2 Å². The molecule has 2 heterocycles. The van der Waals surface area contributed by atoms with E-state index in [-0.39, 0.29) is 0 Å². The number of halogens is 1. The largest absolute Gasteiger partial charge is 0.486 e. The maximum absolute atomic E-state index is 5.81. The van der Waals surface area contributed by atoms with E-state index in [0.717, 1.165) is 38.4 Å². The number of rotatable bonds is 1. The van der Waals surface area contributed by atoms with E-state index in [1.165, 1.54) is 0 Å². The third-order valence-corrected chi connectivity index (χ3v) is 4.11. The van der Waals surface area contributed by atoms with Crippen molar-refractivity contribution in [3.05, 3.63) is 34.8 Å². The van der Waals surface area contributed by atoms with Gasteiger partial charge in [-0.1, -0.05) is 0 Å². The van der Waals surface area contributed by atoms with Crippen LogP contribution in [-0.2, 0) is 0 Å². The van der Waals surface area contributed by atoms with Gasteiger partial charge in [-0.15, -0.1) is 0 Å². The summed E-state index contributed by atoms with van der Waals surface area (Å²) in [5.74, 6) is 2.28. The Bertz CT molecular complexity index is 801. The van der Waals surface area contributed by atoms with Crippen molar-refractivity contribution in [2.24, 2.45) is 0 Å². The molecule has 21 heavy (non-hydrogen) atoms. The molecule has 1 aliphatic rings. The van der Waals surface area contributed by atoms with Gasteiger partial charge in [-0.05, 0) is 34.1 Å². The van der Waals surface area contributed by atoms with Crippen molar-refractivity contribution < 1.29 is 9.47 Å². The number of fused-ring (bicyclic) bond motifs is 2. The average Bonchev–Trinajstić information content (AvgIpc) is 2.90. The lowest BCUT2D eigenvalue weighted by atomic mass is 10.2. The molecule has 5 nitrogen and oxygen atoms in total. The first-order valence-electron chi connectivity index (χ1n) is 6.55. The number of nitrogens with one attached hydrogen (secondary N) is 1. The van der Waals surface area contributed by atoms with E-state index >= 15 is 0 Å². The molecule has 1 aromatic heterocycles. The second kappa shape index (κ2) is 4.66. The molecule has 0 unspecified atom stereocenters. The molecule has 1 aliphatic heterocycles. The number of aromatic amines is 1. The zero-order chi connectivity index (χ0) is 14.4. The summed E-state index contributed by atoms with van der Waals surface area (Å²) in [4.78, 5) is 7.91. The molecule has 0 atom stereocenters. The predicted octanol–water partition coefficient (Wildman–Crippen LogP) is 3.35. The van der Waals surface area contributed by atoms with Gasteiger partial charge < -0.3 is 20.2 Å². The first-order valence-corrected chi connectivity index (χ1v) is 7.35. The quantitative estimate of drug-likeness (QED) is 0.663. The highest BCUT2D eigenvalue weighted by atomic mass is 79.9. The second-order valence-corrected chi connectivity index (χ2v) is 5.69. The molecule has 2 aromatic carbocycles. The number of anilines is 1. The fourth-order valence-corrected chi connectivity index (χ4v) is 2.74. The summed E-state index contributed by atoms with van der Waals surface area (Å²) < 4.78 is 12.0. The third kappa shape index (κ3) is 2.12. The lowest BCUT2D eigenvalue weighted by molar-refractivity contribution is 0.172. The first kappa shape index (κ1) is 12.5. The van der Waals surface area contributed by atoms with Crippen LogP contribution in [0.25, 0.3) is 22.4 Å². The highest BCUT2D eigenvalue weighted by Gasteiger charge is 2.15. The van der Waals surface area contributed by atoms with E-state index < -0.39 is 0 Å². The van der Waals surface area contributed by atoms with Crippen molar-refractivity contribution in [3.63, 3.8) is 0 Å². The van der Waals surface area contributed by atoms with Gasteiger partial charge in [0, 0.05) is 27.9 Å². The van der Waals surface area contributed by atoms with Gasteiger partial charge in [-0.2, -0.15) is 0 Å². The fourth-order valence-electron chi connectivity index (χ4n) is 2.36. The SMILES string of the molecule is Nc1ccc(-c2nc3cc4c(cc3[nH]2)OCCO4)cc1Br. The Morgan fingerprint density at radius 3 is 2.62 bits per heavy atom. The minimum absolute atomic E-state index is 0.570. The van der Waals surface area contributed by atoms with Gasteiger partial charge in [-0.25, -0.2) is 4.98 Å². The second-order valence-electron chi connectivity index (χ2n) is 4.83. The Morgan fingerprint density at radius 2 is 1.86 bits per heavy atom. The van der Waals surface area contributed by atoms with Crippen molar-refractivity contribution >= 4 is 32.7 Å².